The first kappa shape index (κ1) is 41.4. The molecular formula is C66H56N2O2. The SMILES string of the molecule is Cc1ccc(N(c2ccc3ccc4c(N(c5ccc(C)cc5C)c5cccc6c5oc5c(C7CCCC7)cccc56)ccc5ccc2c3c54)c2cccc3c2oc2c(C4CCCC4)cccc23)c(C)c1. The summed E-state index contributed by atoms with van der Waals surface area (Å²) in [6.07, 6.45) is 10.0. The lowest BCUT2D eigenvalue weighted by Crippen LogP contribution is -2.13. The summed E-state index contributed by atoms with van der Waals surface area (Å²) in [5, 5.41) is 12.1. The molecule has 0 spiro atoms. The molecule has 14 rings (SSSR count). The molecule has 0 radical (unpaired) electrons. The van der Waals surface area contributed by atoms with E-state index in [1.807, 2.05) is 0 Å². The van der Waals surface area contributed by atoms with Gasteiger partial charge in [-0.3, -0.25) is 0 Å². The van der Waals surface area contributed by atoms with Crippen LogP contribution in [0.3, 0.4) is 0 Å². The van der Waals surface area contributed by atoms with Crippen LogP contribution in [0, 0.1) is 27.7 Å². The van der Waals surface area contributed by atoms with Crippen molar-refractivity contribution < 1.29 is 8.83 Å². The summed E-state index contributed by atoms with van der Waals surface area (Å²) in [7, 11) is 0. The maximum absolute atomic E-state index is 7.21. The third-order valence-electron chi connectivity index (χ3n) is 16.4. The van der Waals surface area contributed by atoms with Crippen molar-refractivity contribution >= 4 is 110 Å². The van der Waals surface area contributed by atoms with E-state index in [-0.39, 0.29) is 0 Å². The highest BCUT2D eigenvalue weighted by Gasteiger charge is 2.29. The number of anilines is 6. The molecule has 2 heterocycles. The van der Waals surface area contributed by atoms with Gasteiger partial charge in [-0.1, -0.05) is 158 Å². The third kappa shape index (κ3) is 6.28. The zero-order valence-corrected chi connectivity index (χ0v) is 40.5. The Morgan fingerprint density at radius 2 is 0.714 bits per heavy atom. The van der Waals surface area contributed by atoms with Crippen LogP contribution in [0.4, 0.5) is 34.1 Å². The van der Waals surface area contributed by atoms with E-state index in [1.165, 1.54) is 128 Å². The van der Waals surface area contributed by atoms with Crippen LogP contribution < -0.4 is 9.80 Å². The number of fused-ring (bicyclic) bond motifs is 6. The van der Waals surface area contributed by atoms with Gasteiger partial charge in [-0.2, -0.15) is 0 Å². The molecule has 12 aromatic rings. The minimum Gasteiger partial charge on any atom is -0.454 e. The maximum Gasteiger partial charge on any atom is 0.159 e. The van der Waals surface area contributed by atoms with E-state index in [1.54, 1.807) is 0 Å². The summed E-state index contributed by atoms with van der Waals surface area (Å²) in [5.41, 5.74) is 18.2. The van der Waals surface area contributed by atoms with Gasteiger partial charge in [-0.25, -0.2) is 0 Å². The third-order valence-corrected chi connectivity index (χ3v) is 16.4. The molecule has 0 aliphatic heterocycles. The van der Waals surface area contributed by atoms with E-state index in [4.69, 9.17) is 8.83 Å². The molecule has 0 bridgehead atoms. The van der Waals surface area contributed by atoms with E-state index in [0.29, 0.717) is 11.8 Å². The number of furan rings is 2. The molecule has 2 aliphatic rings. The van der Waals surface area contributed by atoms with Crippen molar-refractivity contribution in [1.29, 1.82) is 0 Å². The fraction of sp³-hybridized carbons (Fsp3) is 0.212. The molecule has 2 saturated carbocycles. The zero-order chi connectivity index (χ0) is 46.8. The van der Waals surface area contributed by atoms with E-state index < -0.39 is 0 Å². The Kier molecular flexibility index (Phi) is 9.47. The number of aryl methyl sites for hydroxylation is 4. The summed E-state index contributed by atoms with van der Waals surface area (Å²) in [6, 6.07) is 59.4. The molecular weight excluding hydrogens is 853 g/mol. The van der Waals surface area contributed by atoms with Gasteiger partial charge in [-0.15, -0.1) is 0 Å². The second-order valence-corrected chi connectivity index (χ2v) is 20.8. The van der Waals surface area contributed by atoms with Gasteiger partial charge in [0.05, 0.1) is 22.7 Å². The smallest absolute Gasteiger partial charge is 0.159 e. The van der Waals surface area contributed by atoms with Crippen LogP contribution in [0.5, 0.6) is 0 Å². The van der Waals surface area contributed by atoms with Crippen LogP contribution in [0.25, 0.3) is 76.2 Å². The fourth-order valence-electron chi connectivity index (χ4n) is 13.2. The van der Waals surface area contributed by atoms with Crippen molar-refractivity contribution in [2.24, 2.45) is 0 Å². The molecule has 0 saturated heterocycles. The van der Waals surface area contributed by atoms with Crippen molar-refractivity contribution in [3.05, 3.63) is 191 Å². The van der Waals surface area contributed by atoms with Crippen LogP contribution in [0.2, 0.25) is 0 Å². The summed E-state index contributed by atoms with van der Waals surface area (Å²) >= 11 is 0. The Hall–Kier alpha value is -7.56. The van der Waals surface area contributed by atoms with Crippen LogP contribution in [-0.4, -0.2) is 0 Å². The van der Waals surface area contributed by atoms with Crippen molar-refractivity contribution in [2.75, 3.05) is 9.80 Å². The molecule has 4 heteroatoms. The molecule has 0 N–H and O–H groups in total. The second-order valence-electron chi connectivity index (χ2n) is 20.8. The summed E-state index contributed by atoms with van der Waals surface area (Å²) < 4.78 is 14.4. The first-order valence-corrected chi connectivity index (χ1v) is 25.7. The number of para-hydroxylation sites is 4. The molecule has 4 nitrogen and oxygen atoms in total. The summed E-state index contributed by atoms with van der Waals surface area (Å²) in [5.74, 6) is 1.08. The Balaban J connectivity index is 1.01. The van der Waals surface area contributed by atoms with Gasteiger partial charge >= 0.3 is 0 Å². The highest BCUT2D eigenvalue weighted by molar-refractivity contribution is 6.29. The average molecular weight is 909 g/mol. The summed E-state index contributed by atoms with van der Waals surface area (Å²) in [6.45, 7) is 8.86. The Labute approximate surface area is 409 Å². The lowest BCUT2D eigenvalue weighted by Gasteiger charge is -2.30. The minimum atomic E-state index is 0.539. The highest BCUT2D eigenvalue weighted by Crippen LogP contribution is 2.52. The number of hydrogen-bond donors (Lipinski definition) is 0. The van der Waals surface area contributed by atoms with Gasteiger partial charge in [0.15, 0.2) is 11.2 Å². The van der Waals surface area contributed by atoms with Crippen molar-refractivity contribution in [1.82, 2.24) is 0 Å². The van der Waals surface area contributed by atoms with Gasteiger partial charge in [0, 0.05) is 43.7 Å². The van der Waals surface area contributed by atoms with Crippen molar-refractivity contribution in [3.8, 4) is 0 Å². The first-order valence-electron chi connectivity index (χ1n) is 25.7. The van der Waals surface area contributed by atoms with Crippen LogP contribution in [-0.2, 0) is 0 Å². The van der Waals surface area contributed by atoms with Crippen molar-refractivity contribution in [2.45, 2.75) is 90.9 Å². The lowest BCUT2D eigenvalue weighted by atomic mass is 9.91. The molecule has 2 aromatic heterocycles. The maximum atomic E-state index is 7.21. The lowest BCUT2D eigenvalue weighted by molar-refractivity contribution is 0.643. The van der Waals surface area contributed by atoms with Gasteiger partial charge in [0.25, 0.3) is 0 Å². The molecule has 0 atom stereocenters. The molecule has 2 aliphatic carbocycles. The molecule has 70 heavy (non-hydrogen) atoms. The molecule has 10 aromatic carbocycles. The van der Waals surface area contributed by atoms with Crippen LogP contribution in [0.15, 0.2) is 167 Å². The first-order chi connectivity index (χ1) is 34.4. The number of benzene rings is 10. The Morgan fingerprint density at radius 3 is 1.13 bits per heavy atom. The van der Waals surface area contributed by atoms with Gasteiger partial charge in [0.1, 0.15) is 11.2 Å². The predicted molar refractivity (Wildman–Crippen MR) is 295 cm³/mol. The number of hydrogen-bond acceptors (Lipinski definition) is 4. The van der Waals surface area contributed by atoms with Gasteiger partial charge < -0.3 is 18.6 Å². The number of rotatable bonds is 8. The highest BCUT2D eigenvalue weighted by atomic mass is 16.3. The van der Waals surface area contributed by atoms with Crippen LogP contribution in [0.1, 0.15) is 96.6 Å². The van der Waals surface area contributed by atoms with E-state index in [0.717, 1.165) is 67.2 Å². The fourth-order valence-corrected chi connectivity index (χ4v) is 13.2. The Morgan fingerprint density at radius 1 is 0.343 bits per heavy atom. The Bertz CT molecular complexity index is 3780. The largest absolute Gasteiger partial charge is 0.454 e. The average Bonchev–Trinajstić information content (AvgIpc) is 4.23. The summed E-state index contributed by atoms with van der Waals surface area (Å²) in [4.78, 5) is 4.96. The minimum absolute atomic E-state index is 0.539. The standard InChI is InChI=1S/C66H56N2O2/c1-39-25-33-55(41(3)37-39)67(59-23-11-21-51-49-19-9-17-47(43-13-5-6-14-43)63(49)69-65(51)59)57-35-29-45-28-32-54-58(36-30-46-27-31-53(57)61(45)62(46)54)68(56-34-26-40(2)38-42(56)4)60-24-12-22-52-50-20-10-18-48(44-15-7-8-16-44)64(50)70-66(52)60/h9-12,17-38,43-44H,5-8,13-16H2,1-4H3. The second kappa shape index (κ2) is 16.0. The topological polar surface area (TPSA) is 32.8 Å². The molecule has 342 valence electrons. The van der Waals surface area contributed by atoms with Crippen molar-refractivity contribution in [3.63, 3.8) is 0 Å². The zero-order valence-electron chi connectivity index (χ0n) is 40.5. The van der Waals surface area contributed by atoms with Gasteiger partial charge in [-0.05, 0) is 145 Å². The number of nitrogens with zero attached hydrogens (tertiary/aromatic N) is 2. The predicted octanol–water partition coefficient (Wildman–Crippen LogP) is 19.9. The van der Waals surface area contributed by atoms with E-state index >= 15 is 0 Å². The van der Waals surface area contributed by atoms with Crippen LogP contribution >= 0.6 is 0 Å². The molecule has 2 fully saturated rings. The van der Waals surface area contributed by atoms with E-state index in [9.17, 15) is 0 Å². The quantitative estimate of drug-likeness (QED) is 0.142. The monoisotopic (exact) mass is 908 g/mol. The molecule has 0 amide bonds. The molecule has 0 unspecified atom stereocenters. The van der Waals surface area contributed by atoms with E-state index in [2.05, 4.69) is 195 Å². The normalized spacial score (nSPS) is 14.9. The van der Waals surface area contributed by atoms with Gasteiger partial charge in [0.2, 0.25) is 0 Å².